The summed E-state index contributed by atoms with van der Waals surface area (Å²) >= 11 is 1.55. The lowest BCUT2D eigenvalue weighted by Crippen LogP contribution is -2.13. The lowest BCUT2D eigenvalue weighted by atomic mass is 10.2. The van der Waals surface area contributed by atoms with Crippen molar-refractivity contribution in [3.05, 3.63) is 23.8 Å². The minimum absolute atomic E-state index is 0.373. The van der Waals surface area contributed by atoms with Gasteiger partial charge in [0.25, 0.3) is 5.91 Å². The van der Waals surface area contributed by atoms with Gasteiger partial charge in [0.1, 0.15) is 0 Å². The van der Waals surface area contributed by atoms with Crippen molar-refractivity contribution >= 4 is 23.4 Å². The molecule has 0 radical (unpaired) electrons. The monoisotopic (exact) mass is 226 g/mol. The molecule has 0 aromatic heterocycles. The van der Waals surface area contributed by atoms with Crippen molar-refractivity contribution in [2.45, 2.75) is 4.90 Å². The fraction of sp³-hybridized carbons (Fsp3) is 0.300. The van der Waals surface area contributed by atoms with Crippen molar-refractivity contribution in [1.82, 2.24) is 0 Å². The predicted molar refractivity (Wildman–Crippen MR) is 62.0 cm³/mol. The smallest absolute Gasteiger partial charge is 0.250 e. The van der Waals surface area contributed by atoms with Gasteiger partial charge in [0.05, 0.1) is 17.9 Å². The first-order valence-electron chi connectivity index (χ1n) is 4.47. The molecule has 1 rings (SSSR count). The van der Waals surface area contributed by atoms with E-state index >= 15 is 0 Å². The molecule has 1 amide bonds. The highest BCUT2D eigenvalue weighted by atomic mass is 32.2. The quantitative estimate of drug-likeness (QED) is 0.448. The first-order valence-corrected chi connectivity index (χ1v) is 5.45. The van der Waals surface area contributed by atoms with Crippen LogP contribution in [0.2, 0.25) is 0 Å². The number of hydrogen-bond donors (Lipinski definition) is 2. The van der Waals surface area contributed by atoms with E-state index in [4.69, 9.17) is 16.2 Å². The van der Waals surface area contributed by atoms with Crippen LogP contribution in [0.4, 0.5) is 5.69 Å². The third-order valence-electron chi connectivity index (χ3n) is 1.88. The second-order valence-electron chi connectivity index (χ2n) is 2.92. The molecule has 0 fully saturated rings. The maximum absolute atomic E-state index is 11.0. The van der Waals surface area contributed by atoms with E-state index < -0.39 is 5.91 Å². The summed E-state index contributed by atoms with van der Waals surface area (Å²) in [7, 11) is 1.64. The molecule has 1 aromatic rings. The molecule has 0 saturated heterocycles. The summed E-state index contributed by atoms with van der Waals surface area (Å²) < 4.78 is 4.93. The minimum Gasteiger partial charge on any atom is -0.397 e. The number of methoxy groups -OCH3 is 1. The molecular formula is C10H14N2O2S. The van der Waals surface area contributed by atoms with Crippen LogP contribution in [0.15, 0.2) is 23.1 Å². The summed E-state index contributed by atoms with van der Waals surface area (Å²) in [5, 5.41) is 0. The third kappa shape index (κ3) is 3.14. The summed E-state index contributed by atoms with van der Waals surface area (Å²) in [6.07, 6.45) is 0. The van der Waals surface area contributed by atoms with Gasteiger partial charge >= 0.3 is 0 Å². The largest absolute Gasteiger partial charge is 0.397 e. The first-order chi connectivity index (χ1) is 7.16. The zero-order valence-corrected chi connectivity index (χ0v) is 9.34. The highest BCUT2D eigenvalue weighted by molar-refractivity contribution is 7.99. The lowest BCUT2D eigenvalue weighted by Gasteiger charge is -2.07. The second-order valence-corrected chi connectivity index (χ2v) is 4.06. The Balaban J connectivity index is 2.80. The van der Waals surface area contributed by atoms with Crippen LogP contribution in [0.3, 0.4) is 0 Å². The van der Waals surface area contributed by atoms with Crippen LogP contribution in [0.1, 0.15) is 10.4 Å². The zero-order chi connectivity index (χ0) is 11.3. The van der Waals surface area contributed by atoms with Gasteiger partial charge in [-0.25, -0.2) is 0 Å². The van der Waals surface area contributed by atoms with Crippen molar-refractivity contribution in [2.75, 3.05) is 25.2 Å². The zero-order valence-electron chi connectivity index (χ0n) is 8.53. The Morgan fingerprint density at radius 3 is 2.87 bits per heavy atom. The van der Waals surface area contributed by atoms with Gasteiger partial charge in [-0.1, -0.05) is 6.07 Å². The molecule has 0 saturated carbocycles. The number of carbonyl (C=O) groups excluding carboxylic acids is 1. The first kappa shape index (κ1) is 11.9. The molecule has 0 aliphatic carbocycles. The van der Waals surface area contributed by atoms with Crippen molar-refractivity contribution in [1.29, 1.82) is 0 Å². The summed E-state index contributed by atoms with van der Waals surface area (Å²) in [5.41, 5.74) is 11.8. The molecule has 5 heteroatoms. The number of primary amides is 1. The van der Waals surface area contributed by atoms with Gasteiger partial charge in [-0.2, -0.15) is 0 Å². The van der Waals surface area contributed by atoms with Crippen molar-refractivity contribution in [3.63, 3.8) is 0 Å². The molecule has 4 N–H and O–H groups in total. The van der Waals surface area contributed by atoms with Gasteiger partial charge in [0.2, 0.25) is 0 Å². The molecule has 15 heavy (non-hydrogen) atoms. The molecular weight excluding hydrogens is 212 g/mol. The molecule has 1 aromatic carbocycles. The average Bonchev–Trinajstić information content (AvgIpc) is 2.20. The third-order valence-corrected chi connectivity index (χ3v) is 2.91. The number of anilines is 1. The fourth-order valence-corrected chi connectivity index (χ4v) is 2.03. The van der Waals surface area contributed by atoms with E-state index in [1.165, 1.54) is 0 Å². The number of nitrogens with two attached hydrogens (primary N) is 2. The SMILES string of the molecule is COCCSc1cccc(C(N)=O)c1N. The average molecular weight is 226 g/mol. The van der Waals surface area contributed by atoms with Crippen molar-refractivity contribution in [3.8, 4) is 0 Å². The maximum atomic E-state index is 11.0. The summed E-state index contributed by atoms with van der Waals surface area (Å²) in [6, 6.07) is 5.26. The number of rotatable bonds is 5. The van der Waals surface area contributed by atoms with Crippen LogP contribution in [0, 0.1) is 0 Å². The van der Waals surface area contributed by atoms with Crippen LogP contribution in [0.25, 0.3) is 0 Å². The number of carbonyl (C=O) groups is 1. The number of para-hydroxylation sites is 1. The highest BCUT2D eigenvalue weighted by Gasteiger charge is 2.09. The molecule has 0 heterocycles. The number of thioether (sulfide) groups is 1. The Morgan fingerprint density at radius 1 is 1.53 bits per heavy atom. The Bertz CT molecular complexity index is 355. The van der Waals surface area contributed by atoms with Gasteiger partial charge < -0.3 is 16.2 Å². The number of nitrogen functional groups attached to an aromatic ring is 1. The Hall–Kier alpha value is -1.20. The summed E-state index contributed by atoms with van der Waals surface area (Å²) in [4.78, 5) is 11.9. The molecule has 0 bridgehead atoms. The summed E-state index contributed by atoms with van der Waals surface area (Å²) in [6.45, 7) is 0.644. The molecule has 0 aliphatic rings. The Labute approximate surface area is 93.0 Å². The normalized spacial score (nSPS) is 10.2. The number of benzene rings is 1. The topological polar surface area (TPSA) is 78.3 Å². The molecule has 0 atom stereocenters. The Morgan fingerprint density at radius 2 is 2.27 bits per heavy atom. The molecule has 82 valence electrons. The van der Waals surface area contributed by atoms with E-state index in [2.05, 4.69) is 0 Å². The maximum Gasteiger partial charge on any atom is 0.250 e. The Kier molecular flexibility index (Phi) is 4.45. The second kappa shape index (κ2) is 5.63. The van der Waals surface area contributed by atoms with E-state index in [1.807, 2.05) is 6.07 Å². The predicted octanol–water partition coefficient (Wildman–Crippen LogP) is 1.11. The van der Waals surface area contributed by atoms with E-state index in [1.54, 1.807) is 31.0 Å². The fourth-order valence-electron chi connectivity index (χ4n) is 1.12. The van der Waals surface area contributed by atoms with E-state index in [-0.39, 0.29) is 0 Å². The number of hydrogen-bond acceptors (Lipinski definition) is 4. The number of ether oxygens (including phenoxy) is 1. The van der Waals surface area contributed by atoms with E-state index in [9.17, 15) is 4.79 Å². The van der Waals surface area contributed by atoms with Crippen molar-refractivity contribution in [2.24, 2.45) is 5.73 Å². The van der Waals surface area contributed by atoms with Gasteiger partial charge in [-0.3, -0.25) is 4.79 Å². The lowest BCUT2D eigenvalue weighted by molar-refractivity contribution is 0.100. The van der Waals surface area contributed by atoms with Crippen LogP contribution in [-0.4, -0.2) is 25.4 Å². The molecule has 0 spiro atoms. The van der Waals surface area contributed by atoms with Gasteiger partial charge in [0.15, 0.2) is 0 Å². The molecule has 0 unspecified atom stereocenters. The van der Waals surface area contributed by atoms with Gasteiger partial charge in [-0.05, 0) is 12.1 Å². The molecule has 0 aliphatic heterocycles. The number of amides is 1. The van der Waals surface area contributed by atoms with Crippen LogP contribution in [0.5, 0.6) is 0 Å². The minimum atomic E-state index is -0.498. The van der Waals surface area contributed by atoms with E-state index in [0.29, 0.717) is 17.9 Å². The highest BCUT2D eigenvalue weighted by Crippen LogP contribution is 2.27. The van der Waals surface area contributed by atoms with Gasteiger partial charge in [0, 0.05) is 17.8 Å². The van der Waals surface area contributed by atoms with Crippen LogP contribution in [-0.2, 0) is 4.74 Å². The van der Waals surface area contributed by atoms with Gasteiger partial charge in [-0.15, -0.1) is 11.8 Å². The van der Waals surface area contributed by atoms with E-state index in [0.717, 1.165) is 10.6 Å². The van der Waals surface area contributed by atoms with Crippen molar-refractivity contribution < 1.29 is 9.53 Å². The standard InChI is InChI=1S/C10H14N2O2S/c1-14-5-6-15-8-4-2-3-7(9(8)11)10(12)13/h2-4H,5-6,11H2,1H3,(H2,12,13). The summed E-state index contributed by atoms with van der Waals surface area (Å²) in [5.74, 6) is 0.296. The van der Waals surface area contributed by atoms with Crippen LogP contribution < -0.4 is 11.5 Å². The van der Waals surface area contributed by atoms with Crippen LogP contribution >= 0.6 is 11.8 Å². The molecule has 4 nitrogen and oxygen atoms in total.